The molecule has 0 bridgehead atoms. The Labute approximate surface area is 184 Å². The smallest absolute Gasteiger partial charge is 0.328 e. The van der Waals surface area contributed by atoms with Gasteiger partial charge in [0.25, 0.3) is 5.91 Å². The van der Waals surface area contributed by atoms with Gasteiger partial charge in [-0.25, -0.2) is 9.78 Å². The van der Waals surface area contributed by atoms with E-state index in [0.29, 0.717) is 6.42 Å². The van der Waals surface area contributed by atoms with Crippen molar-refractivity contribution in [3.05, 3.63) is 89.8 Å². The summed E-state index contributed by atoms with van der Waals surface area (Å²) in [5, 5.41) is 3.65. The number of nitrogens with one attached hydrogen (secondary N) is 2. The minimum absolute atomic E-state index is 0.0529. The fourth-order valence-electron chi connectivity index (χ4n) is 3.37. The van der Waals surface area contributed by atoms with Crippen LogP contribution in [0.2, 0.25) is 0 Å². The summed E-state index contributed by atoms with van der Waals surface area (Å²) in [7, 11) is 0. The summed E-state index contributed by atoms with van der Waals surface area (Å²) in [6, 6.07) is 15.9. The Bertz CT molecular complexity index is 1210. The van der Waals surface area contributed by atoms with E-state index in [2.05, 4.69) is 15.3 Å². The van der Waals surface area contributed by atoms with Crippen molar-refractivity contribution in [1.29, 1.82) is 0 Å². The first-order valence-electron chi connectivity index (χ1n) is 10.3. The van der Waals surface area contributed by atoms with Crippen molar-refractivity contribution in [1.82, 2.24) is 15.3 Å². The van der Waals surface area contributed by atoms with E-state index in [9.17, 15) is 9.59 Å². The number of aromatic nitrogens is 2. The molecular formula is C24H24N4O4. The third kappa shape index (κ3) is 4.87. The van der Waals surface area contributed by atoms with E-state index in [4.69, 9.17) is 14.9 Å². The van der Waals surface area contributed by atoms with Crippen molar-refractivity contribution >= 4 is 22.8 Å². The molecule has 2 heterocycles. The molecule has 32 heavy (non-hydrogen) atoms. The molecule has 2 aromatic heterocycles. The number of benzene rings is 2. The molecule has 2 aromatic carbocycles. The summed E-state index contributed by atoms with van der Waals surface area (Å²) < 4.78 is 10.7. The highest BCUT2D eigenvalue weighted by Crippen LogP contribution is 2.23. The van der Waals surface area contributed by atoms with Crippen LogP contribution in [-0.4, -0.2) is 27.9 Å². The highest BCUT2D eigenvalue weighted by Gasteiger charge is 2.22. The fraction of sp³-hybridized carbons (Fsp3) is 0.208. The minimum Gasteiger partial charge on any atom is -0.459 e. The number of esters is 1. The van der Waals surface area contributed by atoms with Crippen LogP contribution >= 0.6 is 0 Å². The van der Waals surface area contributed by atoms with Crippen LogP contribution in [0.4, 0.5) is 0 Å². The average molecular weight is 432 g/mol. The molecule has 8 heteroatoms. The SMILES string of the molecule is CC(NC(=O)c1coc(C(N)Cc2c[nH]c3ccccc23)n1)C(=O)OCc1ccccc1. The summed E-state index contributed by atoms with van der Waals surface area (Å²) in [6.07, 6.45) is 3.64. The standard InChI is InChI=1S/C24H24N4O4/c1-15(24(30)32-13-16-7-3-2-4-8-16)27-22(29)21-14-31-23(28-21)19(25)11-17-12-26-20-10-6-5-9-18(17)20/h2-10,12,14-15,19,26H,11,13,25H2,1H3,(H,27,29). The van der Waals surface area contributed by atoms with Crippen molar-refractivity contribution in [3.8, 4) is 0 Å². The van der Waals surface area contributed by atoms with Crippen molar-refractivity contribution in [2.45, 2.75) is 32.0 Å². The average Bonchev–Trinajstić information content (AvgIpc) is 3.46. The molecule has 4 N–H and O–H groups in total. The van der Waals surface area contributed by atoms with Crippen LogP contribution in [0.1, 0.15) is 40.5 Å². The maximum absolute atomic E-state index is 12.5. The zero-order valence-electron chi connectivity index (χ0n) is 17.6. The molecule has 1 amide bonds. The molecule has 0 saturated carbocycles. The van der Waals surface area contributed by atoms with Crippen molar-refractivity contribution in [2.24, 2.45) is 5.73 Å². The number of ether oxygens (including phenoxy) is 1. The van der Waals surface area contributed by atoms with E-state index >= 15 is 0 Å². The fourth-order valence-corrected chi connectivity index (χ4v) is 3.37. The number of para-hydroxylation sites is 1. The van der Waals surface area contributed by atoms with Gasteiger partial charge in [-0.1, -0.05) is 48.5 Å². The molecule has 4 rings (SSSR count). The second-order valence-electron chi connectivity index (χ2n) is 7.53. The number of hydrogen-bond acceptors (Lipinski definition) is 6. The Balaban J connectivity index is 1.33. The van der Waals surface area contributed by atoms with Crippen LogP contribution in [0.5, 0.6) is 0 Å². The largest absolute Gasteiger partial charge is 0.459 e. The van der Waals surface area contributed by atoms with Gasteiger partial charge in [-0.05, 0) is 30.5 Å². The zero-order chi connectivity index (χ0) is 22.5. The van der Waals surface area contributed by atoms with Gasteiger partial charge in [0, 0.05) is 17.1 Å². The number of nitrogens with two attached hydrogens (primary N) is 1. The lowest BCUT2D eigenvalue weighted by molar-refractivity contribution is -0.146. The van der Waals surface area contributed by atoms with E-state index < -0.39 is 24.0 Å². The molecule has 0 aliphatic carbocycles. The van der Waals surface area contributed by atoms with E-state index in [1.165, 1.54) is 6.26 Å². The molecule has 8 nitrogen and oxygen atoms in total. The van der Waals surface area contributed by atoms with Crippen molar-refractivity contribution < 1.29 is 18.7 Å². The molecule has 2 unspecified atom stereocenters. The number of aromatic amines is 1. The van der Waals surface area contributed by atoms with Crippen molar-refractivity contribution in [3.63, 3.8) is 0 Å². The van der Waals surface area contributed by atoms with Crippen LogP contribution in [0.15, 0.2) is 71.5 Å². The molecular weight excluding hydrogens is 408 g/mol. The molecule has 2 atom stereocenters. The van der Waals surface area contributed by atoms with Gasteiger partial charge < -0.3 is 25.2 Å². The normalized spacial score (nSPS) is 12.9. The predicted molar refractivity (Wildman–Crippen MR) is 119 cm³/mol. The molecule has 0 fully saturated rings. The molecule has 0 aliphatic heterocycles. The van der Waals surface area contributed by atoms with Gasteiger partial charge in [0.05, 0.1) is 6.04 Å². The maximum atomic E-state index is 12.5. The first-order valence-corrected chi connectivity index (χ1v) is 10.3. The van der Waals surface area contributed by atoms with Gasteiger partial charge >= 0.3 is 5.97 Å². The first kappa shape index (κ1) is 21.3. The quantitative estimate of drug-likeness (QED) is 0.367. The van der Waals surface area contributed by atoms with Gasteiger partial charge in [-0.2, -0.15) is 0 Å². The number of rotatable bonds is 8. The third-order valence-electron chi connectivity index (χ3n) is 5.11. The zero-order valence-corrected chi connectivity index (χ0v) is 17.6. The number of oxazole rings is 1. The predicted octanol–water partition coefficient (Wildman–Crippen LogP) is 3.26. The van der Waals surface area contributed by atoms with Crippen LogP contribution in [0, 0.1) is 0 Å². The second-order valence-corrected chi connectivity index (χ2v) is 7.53. The summed E-state index contributed by atoms with van der Waals surface area (Å²) in [5.74, 6) is -0.829. The number of amides is 1. The number of carbonyl (C=O) groups excluding carboxylic acids is 2. The number of hydrogen-bond donors (Lipinski definition) is 3. The lowest BCUT2D eigenvalue weighted by atomic mass is 10.1. The van der Waals surface area contributed by atoms with E-state index in [1.54, 1.807) is 6.92 Å². The molecule has 164 valence electrons. The lowest BCUT2D eigenvalue weighted by Crippen LogP contribution is -2.39. The van der Waals surface area contributed by atoms with Crippen LogP contribution in [0.25, 0.3) is 10.9 Å². The monoisotopic (exact) mass is 432 g/mol. The van der Waals surface area contributed by atoms with Crippen LogP contribution in [-0.2, 0) is 22.6 Å². The Morgan fingerprint density at radius 1 is 1.16 bits per heavy atom. The van der Waals surface area contributed by atoms with Crippen LogP contribution < -0.4 is 11.1 Å². The molecule has 0 saturated heterocycles. The summed E-state index contributed by atoms with van der Waals surface area (Å²) in [6.45, 7) is 1.69. The van der Waals surface area contributed by atoms with Gasteiger partial charge in [0.2, 0.25) is 5.89 Å². The summed E-state index contributed by atoms with van der Waals surface area (Å²) in [5.41, 5.74) is 9.24. The number of fused-ring (bicyclic) bond motifs is 1. The molecule has 4 aromatic rings. The van der Waals surface area contributed by atoms with E-state index in [1.807, 2.05) is 60.8 Å². The van der Waals surface area contributed by atoms with E-state index in [-0.39, 0.29) is 18.2 Å². The molecule has 0 aliphatic rings. The first-order chi connectivity index (χ1) is 15.5. The highest BCUT2D eigenvalue weighted by atomic mass is 16.5. The van der Waals surface area contributed by atoms with Crippen molar-refractivity contribution in [2.75, 3.05) is 0 Å². The highest BCUT2D eigenvalue weighted by molar-refractivity contribution is 5.94. The Kier molecular flexibility index (Phi) is 6.32. The Morgan fingerprint density at radius 3 is 2.72 bits per heavy atom. The van der Waals surface area contributed by atoms with Gasteiger partial charge in [-0.15, -0.1) is 0 Å². The number of H-pyrrole nitrogens is 1. The van der Waals surface area contributed by atoms with Gasteiger partial charge in [-0.3, -0.25) is 4.79 Å². The van der Waals surface area contributed by atoms with E-state index in [0.717, 1.165) is 22.0 Å². The van der Waals surface area contributed by atoms with Gasteiger partial charge in [0.15, 0.2) is 5.69 Å². The third-order valence-corrected chi connectivity index (χ3v) is 5.11. The Hall–Kier alpha value is -3.91. The molecule has 0 radical (unpaired) electrons. The topological polar surface area (TPSA) is 123 Å². The number of nitrogens with zero attached hydrogens (tertiary/aromatic N) is 1. The summed E-state index contributed by atoms with van der Waals surface area (Å²) >= 11 is 0. The second kappa shape index (κ2) is 9.49. The maximum Gasteiger partial charge on any atom is 0.328 e. The molecule has 0 spiro atoms. The van der Waals surface area contributed by atoms with Crippen LogP contribution in [0.3, 0.4) is 0 Å². The van der Waals surface area contributed by atoms with Gasteiger partial charge in [0.1, 0.15) is 18.9 Å². The minimum atomic E-state index is -0.841. The Morgan fingerprint density at radius 2 is 1.91 bits per heavy atom. The number of carbonyl (C=O) groups is 2. The lowest BCUT2D eigenvalue weighted by Gasteiger charge is -2.12. The summed E-state index contributed by atoms with van der Waals surface area (Å²) in [4.78, 5) is 32.1.